The Bertz CT molecular complexity index is 828. The van der Waals surface area contributed by atoms with Gasteiger partial charge in [0.1, 0.15) is 6.10 Å². The number of aromatic nitrogens is 1. The number of likely N-dealkylation sites (tertiary alicyclic amines) is 1. The molecule has 1 fully saturated rings. The second-order valence-corrected chi connectivity index (χ2v) is 6.05. The Morgan fingerprint density at radius 3 is 2.92 bits per heavy atom. The lowest BCUT2D eigenvalue weighted by Crippen LogP contribution is -2.55. The molecule has 1 saturated heterocycles. The molecule has 0 atom stereocenters. The van der Waals surface area contributed by atoms with Gasteiger partial charge in [-0.3, -0.25) is 4.79 Å². The van der Waals surface area contributed by atoms with Crippen LogP contribution in [0.5, 0.6) is 17.4 Å². The van der Waals surface area contributed by atoms with Crippen LogP contribution in [0.25, 0.3) is 6.08 Å². The summed E-state index contributed by atoms with van der Waals surface area (Å²) in [4.78, 5) is 18.2. The van der Waals surface area contributed by atoms with Gasteiger partial charge in [-0.2, -0.15) is 0 Å². The number of carbonyl (C=O) groups excluding carboxylic acids is 1. The first kappa shape index (κ1) is 15.5. The maximum Gasteiger partial charge on any atom is 0.246 e. The van der Waals surface area contributed by atoms with Crippen molar-refractivity contribution in [2.75, 3.05) is 19.9 Å². The number of hydrogen-bond donors (Lipinski definition) is 0. The van der Waals surface area contributed by atoms with Crippen LogP contribution in [0.15, 0.2) is 42.5 Å². The first-order chi connectivity index (χ1) is 12.2. The highest BCUT2D eigenvalue weighted by Crippen LogP contribution is 2.32. The minimum absolute atomic E-state index is 0.00260. The van der Waals surface area contributed by atoms with Gasteiger partial charge in [0.05, 0.1) is 13.1 Å². The number of amides is 1. The average Bonchev–Trinajstić information content (AvgIpc) is 3.03. The first-order valence-electron chi connectivity index (χ1n) is 8.14. The standard InChI is InChI=1S/C19H18N2O4/c1-13-3-2-4-18(20-13)25-15-10-21(11-15)19(22)8-6-14-5-7-16-17(9-14)24-12-23-16/h2-9,15H,10-12H2,1H3/b8-6+. The largest absolute Gasteiger partial charge is 0.471 e. The van der Waals surface area contributed by atoms with E-state index in [0.717, 1.165) is 17.0 Å². The highest BCUT2D eigenvalue weighted by Gasteiger charge is 2.31. The topological polar surface area (TPSA) is 60.9 Å². The molecule has 128 valence electrons. The van der Waals surface area contributed by atoms with Gasteiger partial charge in [0, 0.05) is 17.8 Å². The third-order valence-electron chi connectivity index (χ3n) is 4.12. The Labute approximate surface area is 145 Å². The van der Waals surface area contributed by atoms with E-state index in [9.17, 15) is 4.79 Å². The number of carbonyl (C=O) groups is 1. The van der Waals surface area contributed by atoms with Crippen molar-refractivity contribution in [1.29, 1.82) is 0 Å². The van der Waals surface area contributed by atoms with E-state index in [-0.39, 0.29) is 18.8 Å². The molecule has 0 N–H and O–H groups in total. The zero-order valence-corrected chi connectivity index (χ0v) is 13.8. The summed E-state index contributed by atoms with van der Waals surface area (Å²) in [5.41, 5.74) is 1.81. The quantitative estimate of drug-likeness (QED) is 0.801. The van der Waals surface area contributed by atoms with Crippen molar-refractivity contribution >= 4 is 12.0 Å². The van der Waals surface area contributed by atoms with Gasteiger partial charge in [-0.1, -0.05) is 12.1 Å². The number of aryl methyl sites for hydroxylation is 1. The van der Waals surface area contributed by atoms with Crippen LogP contribution in [0.3, 0.4) is 0 Å². The van der Waals surface area contributed by atoms with Gasteiger partial charge in [-0.05, 0) is 36.8 Å². The molecule has 0 aliphatic carbocycles. The van der Waals surface area contributed by atoms with Crippen molar-refractivity contribution in [3.8, 4) is 17.4 Å². The Morgan fingerprint density at radius 2 is 2.08 bits per heavy atom. The monoisotopic (exact) mass is 338 g/mol. The molecule has 0 saturated carbocycles. The summed E-state index contributed by atoms with van der Waals surface area (Å²) in [6, 6.07) is 11.3. The van der Waals surface area contributed by atoms with Crippen LogP contribution in [0, 0.1) is 6.92 Å². The smallest absolute Gasteiger partial charge is 0.246 e. The van der Waals surface area contributed by atoms with E-state index in [0.29, 0.717) is 24.7 Å². The van der Waals surface area contributed by atoms with Crippen LogP contribution in [-0.4, -0.2) is 41.8 Å². The molecule has 6 heteroatoms. The Kier molecular flexibility index (Phi) is 4.01. The van der Waals surface area contributed by atoms with Gasteiger partial charge in [-0.25, -0.2) is 4.98 Å². The first-order valence-corrected chi connectivity index (χ1v) is 8.14. The fourth-order valence-corrected chi connectivity index (χ4v) is 2.74. The number of hydrogen-bond acceptors (Lipinski definition) is 5. The van der Waals surface area contributed by atoms with Gasteiger partial charge in [0.15, 0.2) is 11.5 Å². The minimum atomic E-state index is -0.0327. The molecule has 6 nitrogen and oxygen atoms in total. The zero-order chi connectivity index (χ0) is 17.2. The highest BCUT2D eigenvalue weighted by molar-refractivity contribution is 5.92. The predicted octanol–water partition coefficient (Wildman–Crippen LogP) is 2.42. The lowest BCUT2D eigenvalue weighted by Gasteiger charge is -2.38. The van der Waals surface area contributed by atoms with Gasteiger partial charge >= 0.3 is 0 Å². The fraction of sp³-hybridized carbons (Fsp3) is 0.263. The van der Waals surface area contributed by atoms with Crippen molar-refractivity contribution in [3.05, 3.63) is 53.7 Å². The molecule has 0 bridgehead atoms. The maximum atomic E-state index is 12.2. The zero-order valence-electron chi connectivity index (χ0n) is 13.8. The van der Waals surface area contributed by atoms with Gasteiger partial charge in [0.2, 0.25) is 18.6 Å². The SMILES string of the molecule is Cc1cccc(OC2CN(C(=O)/C=C/c3ccc4c(c3)OCO4)C2)n1. The second-order valence-electron chi connectivity index (χ2n) is 6.05. The number of rotatable bonds is 4. The van der Waals surface area contributed by atoms with E-state index >= 15 is 0 Å². The van der Waals surface area contributed by atoms with Gasteiger partial charge < -0.3 is 19.1 Å². The number of ether oxygens (including phenoxy) is 3. The molecule has 3 heterocycles. The summed E-state index contributed by atoms with van der Waals surface area (Å²) < 4.78 is 16.4. The lowest BCUT2D eigenvalue weighted by atomic mass is 10.1. The molecule has 2 aliphatic rings. The van der Waals surface area contributed by atoms with E-state index in [1.165, 1.54) is 0 Å². The summed E-state index contributed by atoms with van der Waals surface area (Å²) in [5.74, 6) is 2.01. The van der Waals surface area contributed by atoms with Crippen LogP contribution >= 0.6 is 0 Å². The molecular formula is C19H18N2O4. The molecule has 1 aromatic heterocycles. The summed E-state index contributed by atoms with van der Waals surface area (Å²) in [6.07, 6.45) is 3.34. The van der Waals surface area contributed by atoms with Crippen LogP contribution < -0.4 is 14.2 Å². The average molecular weight is 338 g/mol. The molecule has 2 aromatic rings. The Hall–Kier alpha value is -3.02. The third kappa shape index (κ3) is 3.42. The Balaban J connectivity index is 1.30. The van der Waals surface area contributed by atoms with Crippen LogP contribution in [-0.2, 0) is 4.79 Å². The van der Waals surface area contributed by atoms with Crippen molar-refractivity contribution in [2.24, 2.45) is 0 Å². The van der Waals surface area contributed by atoms with E-state index in [4.69, 9.17) is 14.2 Å². The van der Waals surface area contributed by atoms with Crippen molar-refractivity contribution in [2.45, 2.75) is 13.0 Å². The van der Waals surface area contributed by atoms with E-state index < -0.39 is 0 Å². The summed E-state index contributed by atoms with van der Waals surface area (Å²) in [5, 5.41) is 0. The summed E-state index contributed by atoms with van der Waals surface area (Å²) in [6.45, 7) is 3.30. The number of pyridine rings is 1. The molecule has 1 aromatic carbocycles. The van der Waals surface area contributed by atoms with Crippen LogP contribution in [0.1, 0.15) is 11.3 Å². The molecule has 25 heavy (non-hydrogen) atoms. The summed E-state index contributed by atoms with van der Waals surface area (Å²) in [7, 11) is 0. The van der Waals surface area contributed by atoms with E-state index in [2.05, 4.69) is 4.98 Å². The normalized spacial score (nSPS) is 16.1. The van der Waals surface area contributed by atoms with E-state index in [1.54, 1.807) is 17.1 Å². The molecule has 2 aliphatic heterocycles. The maximum absolute atomic E-state index is 12.2. The van der Waals surface area contributed by atoms with Crippen LogP contribution in [0.2, 0.25) is 0 Å². The lowest BCUT2D eigenvalue weighted by molar-refractivity contribution is -0.134. The molecular weight excluding hydrogens is 320 g/mol. The number of fused-ring (bicyclic) bond motifs is 1. The molecule has 4 rings (SSSR count). The van der Waals surface area contributed by atoms with Crippen molar-refractivity contribution in [1.82, 2.24) is 9.88 Å². The molecule has 0 spiro atoms. The molecule has 1 amide bonds. The summed E-state index contributed by atoms with van der Waals surface area (Å²) >= 11 is 0. The predicted molar refractivity (Wildman–Crippen MR) is 91.6 cm³/mol. The highest BCUT2D eigenvalue weighted by atomic mass is 16.7. The van der Waals surface area contributed by atoms with Gasteiger partial charge in [-0.15, -0.1) is 0 Å². The van der Waals surface area contributed by atoms with Crippen molar-refractivity contribution < 1.29 is 19.0 Å². The molecule has 0 radical (unpaired) electrons. The van der Waals surface area contributed by atoms with Crippen molar-refractivity contribution in [3.63, 3.8) is 0 Å². The Morgan fingerprint density at radius 1 is 1.24 bits per heavy atom. The fourth-order valence-electron chi connectivity index (χ4n) is 2.74. The van der Waals surface area contributed by atoms with E-state index in [1.807, 2.05) is 43.3 Å². The van der Waals surface area contributed by atoms with Crippen LogP contribution in [0.4, 0.5) is 0 Å². The molecule has 0 unspecified atom stereocenters. The third-order valence-corrected chi connectivity index (χ3v) is 4.12. The second kappa shape index (κ2) is 6.47. The number of benzene rings is 1. The van der Waals surface area contributed by atoms with Gasteiger partial charge in [0.25, 0.3) is 0 Å². The minimum Gasteiger partial charge on any atom is -0.471 e. The number of nitrogens with zero attached hydrogens (tertiary/aromatic N) is 2.